The zero-order valence-electron chi connectivity index (χ0n) is 9.61. The molecule has 0 aromatic heterocycles. The van der Waals surface area contributed by atoms with Crippen molar-refractivity contribution in [2.45, 2.75) is 46.6 Å². The summed E-state index contributed by atoms with van der Waals surface area (Å²) in [5.74, 6) is 0.833. The van der Waals surface area contributed by atoms with Crippen LogP contribution in [0.15, 0.2) is 25.0 Å². The molecule has 0 aromatic carbocycles. The summed E-state index contributed by atoms with van der Waals surface area (Å²) in [6, 6.07) is 0. The summed E-state index contributed by atoms with van der Waals surface area (Å²) >= 11 is 0. The summed E-state index contributed by atoms with van der Waals surface area (Å²) in [5, 5.41) is 0. The Labute approximate surface area is 82.5 Å². The molecule has 0 aliphatic rings. The first kappa shape index (κ1) is 12.3. The SMILES string of the molecule is C=CC(C)(C)OC(=C)C(C)(C)CC. The van der Waals surface area contributed by atoms with Crippen molar-refractivity contribution in [1.82, 2.24) is 0 Å². The molecule has 0 bridgehead atoms. The third-order valence-corrected chi connectivity index (χ3v) is 2.52. The number of ether oxygens (including phenoxy) is 1. The smallest absolute Gasteiger partial charge is 0.121 e. The average molecular weight is 182 g/mol. The molecule has 0 rings (SSSR count). The van der Waals surface area contributed by atoms with Crippen molar-refractivity contribution in [3.63, 3.8) is 0 Å². The minimum absolute atomic E-state index is 0.0419. The highest BCUT2D eigenvalue weighted by Crippen LogP contribution is 2.32. The van der Waals surface area contributed by atoms with Gasteiger partial charge in [0.1, 0.15) is 5.60 Å². The van der Waals surface area contributed by atoms with Gasteiger partial charge in [0.25, 0.3) is 0 Å². The van der Waals surface area contributed by atoms with Crippen LogP contribution in [0.4, 0.5) is 0 Å². The topological polar surface area (TPSA) is 9.23 Å². The van der Waals surface area contributed by atoms with Crippen molar-refractivity contribution < 1.29 is 4.74 Å². The van der Waals surface area contributed by atoms with Crippen LogP contribution in [0.2, 0.25) is 0 Å². The van der Waals surface area contributed by atoms with E-state index in [0.29, 0.717) is 0 Å². The maximum absolute atomic E-state index is 5.73. The first-order chi connectivity index (χ1) is 5.75. The Morgan fingerprint density at radius 3 is 2.08 bits per heavy atom. The molecule has 0 saturated carbocycles. The predicted molar refractivity (Wildman–Crippen MR) is 58.6 cm³/mol. The lowest BCUT2D eigenvalue weighted by atomic mass is 9.88. The van der Waals surface area contributed by atoms with Crippen LogP contribution in [0.25, 0.3) is 0 Å². The Kier molecular flexibility index (Phi) is 3.77. The van der Waals surface area contributed by atoms with Crippen LogP contribution in [-0.2, 0) is 4.74 Å². The molecule has 0 unspecified atom stereocenters. The van der Waals surface area contributed by atoms with Crippen LogP contribution in [0, 0.1) is 5.41 Å². The van der Waals surface area contributed by atoms with Gasteiger partial charge in [0.15, 0.2) is 0 Å². The Morgan fingerprint density at radius 1 is 1.31 bits per heavy atom. The minimum Gasteiger partial charge on any atom is -0.488 e. The van der Waals surface area contributed by atoms with E-state index in [-0.39, 0.29) is 11.0 Å². The first-order valence-electron chi connectivity index (χ1n) is 4.77. The fourth-order valence-electron chi connectivity index (χ4n) is 0.695. The van der Waals surface area contributed by atoms with E-state index >= 15 is 0 Å². The summed E-state index contributed by atoms with van der Waals surface area (Å²) in [6.45, 7) is 18.1. The quantitative estimate of drug-likeness (QED) is 0.462. The van der Waals surface area contributed by atoms with Crippen molar-refractivity contribution in [2.75, 3.05) is 0 Å². The molecule has 76 valence electrons. The van der Waals surface area contributed by atoms with Gasteiger partial charge in [0.2, 0.25) is 0 Å². The zero-order chi connectivity index (χ0) is 10.7. The Hall–Kier alpha value is -0.720. The average Bonchev–Trinajstić information content (AvgIpc) is 2.04. The molecule has 1 nitrogen and oxygen atoms in total. The van der Waals surface area contributed by atoms with Gasteiger partial charge >= 0.3 is 0 Å². The van der Waals surface area contributed by atoms with Crippen LogP contribution in [0.1, 0.15) is 41.0 Å². The highest BCUT2D eigenvalue weighted by Gasteiger charge is 2.25. The molecule has 0 aliphatic carbocycles. The van der Waals surface area contributed by atoms with Gasteiger partial charge in [-0.1, -0.05) is 33.9 Å². The number of hydrogen-bond donors (Lipinski definition) is 0. The third kappa shape index (κ3) is 3.67. The molecule has 0 aromatic rings. The van der Waals surface area contributed by atoms with Gasteiger partial charge in [0.05, 0.1) is 5.76 Å². The highest BCUT2D eigenvalue weighted by atomic mass is 16.5. The minimum atomic E-state index is -0.316. The molecular formula is C12H22O. The molecule has 0 heterocycles. The number of allylic oxidation sites excluding steroid dienone is 1. The second-order valence-corrected chi connectivity index (χ2v) is 4.57. The molecule has 0 fully saturated rings. The Bertz CT molecular complexity index is 199. The molecule has 13 heavy (non-hydrogen) atoms. The zero-order valence-corrected chi connectivity index (χ0v) is 9.61. The van der Waals surface area contributed by atoms with Crippen LogP contribution >= 0.6 is 0 Å². The predicted octanol–water partition coefficient (Wildman–Crippen LogP) is 3.92. The van der Waals surface area contributed by atoms with Crippen LogP contribution in [-0.4, -0.2) is 5.60 Å². The molecule has 1 heteroatoms. The lowest BCUT2D eigenvalue weighted by molar-refractivity contribution is 0.0399. The number of rotatable bonds is 5. The third-order valence-electron chi connectivity index (χ3n) is 2.52. The van der Waals surface area contributed by atoms with E-state index in [2.05, 4.69) is 33.9 Å². The molecule has 0 radical (unpaired) electrons. The summed E-state index contributed by atoms with van der Waals surface area (Å²) in [6.07, 6.45) is 2.82. The first-order valence-corrected chi connectivity index (χ1v) is 4.77. The van der Waals surface area contributed by atoms with Crippen molar-refractivity contribution in [3.05, 3.63) is 25.0 Å². The van der Waals surface area contributed by atoms with Crippen LogP contribution < -0.4 is 0 Å². The monoisotopic (exact) mass is 182 g/mol. The highest BCUT2D eigenvalue weighted by molar-refractivity contribution is 5.03. The maximum Gasteiger partial charge on any atom is 0.121 e. The molecule has 0 spiro atoms. The standard InChI is InChI=1S/C12H22O/c1-8-11(4,5)10(3)13-12(6,7)9-2/h9H,2-3,8H2,1,4-7H3. The fraction of sp³-hybridized carbons (Fsp3) is 0.667. The van der Waals surface area contributed by atoms with Gasteiger partial charge in [-0.2, -0.15) is 0 Å². The Balaban J connectivity index is 4.40. The number of hydrogen-bond acceptors (Lipinski definition) is 1. The van der Waals surface area contributed by atoms with Gasteiger partial charge in [-0.25, -0.2) is 0 Å². The largest absolute Gasteiger partial charge is 0.488 e. The second kappa shape index (κ2) is 3.99. The van der Waals surface area contributed by atoms with E-state index in [9.17, 15) is 0 Å². The van der Waals surface area contributed by atoms with Crippen LogP contribution in [0.5, 0.6) is 0 Å². The van der Waals surface area contributed by atoms with E-state index in [1.165, 1.54) is 0 Å². The van der Waals surface area contributed by atoms with E-state index in [1.54, 1.807) is 6.08 Å². The lowest BCUT2D eigenvalue weighted by Gasteiger charge is -2.32. The van der Waals surface area contributed by atoms with E-state index < -0.39 is 0 Å². The van der Waals surface area contributed by atoms with E-state index in [0.717, 1.165) is 12.2 Å². The van der Waals surface area contributed by atoms with Gasteiger partial charge < -0.3 is 4.74 Å². The summed E-state index contributed by atoms with van der Waals surface area (Å²) in [4.78, 5) is 0. The van der Waals surface area contributed by atoms with Crippen molar-refractivity contribution in [1.29, 1.82) is 0 Å². The molecule has 0 saturated heterocycles. The van der Waals surface area contributed by atoms with Crippen molar-refractivity contribution in [2.24, 2.45) is 5.41 Å². The van der Waals surface area contributed by atoms with Gasteiger partial charge in [-0.3, -0.25) is 0 Å². The fourth-order valence-corrected chi connectivity index (χ4v) is 0.695. The summed E-state index contributed by atoms with van der Waals surface area (Å²) < 4.78 is 5.73. The Morgan fingerprint density at radius 2 is 1.77 bits per heavy atom. The van der Waals surface area contributed by atoms with E-state index in [1.807, 2.05) is 13.8 Å². The maximum atomic E-state index is 5.73. The molecule has 0 N–H and O–H groups in total. The van der Waals surface area contributed by atoms with Gasteiger partial charge in [-0.15, -0.1) is 0 Å². The van der Waals surface area contributed by atoms with E-state index in [4.69, 9.17) is 4.74 Å². The normalized spacial score (nSPS) is 12.4. The summed E-state index contributed by atoms with van der Waals surface area (Å²) in [7, 11) is 0. The molecule has 0 atom stereocenters. The van der Waals surface area contributed by atoms with Crippen molar-refractivity contribution in [3.8, 4) is 0 Å². The molecular weight excluding hydrogens is 160 g/mol. The van der Waals surface area contributed by atoms with Crippen LogP contribution in [0.3, 0.4) is 0 Å². The van der Waals surface area contributed by atoms with Gasteiger partial charge in [-0.05, 0) is 26.3 Å². The molecule has 0 aliphatic heterocycles. The summed E-state index contributed by atoms with van der Waals surface area (Å²) in [5.41, 5.74) is -0.274. The van der Waals surface area contributed by atoms with Crippen molar-refractivity contribution >= 4 is 0 Å². The second-order valence-electron chi connectivity index (χ2n) is 4.57. The van der Waals surface area contributed by atoms with Gasteiger partial charge in [0, 0.05) is 5.41 Å². The lowest BCUT2D eigenvalue weighted by Crippen LogP contribution is -2.26. The molecule has 0 amide bonds.